The van der Waals surface area contributed by atoms with Gasteiger partial charge in [-0.25, -0.2) is 4.39 Å². The van der Waals surface area contributed by atoms with Crippen molar-refractivity contribution in [2.45, 2.75) is 12.5 Å². The number of benzene rings is 1. The number of amides is 2. The first-order valence-electron chi connectivity index (χ1n) is 5.87. The van der Waals surface area contributed by atoms with Crippen LogP contribution in [0.15, 0.2) is 24.3 Å². The van der Waals surface area contributed by atoms with Crippen molar-refractivity contribution in [3.63, 3.8) is 0 Å². The number of carbonyl (C=O) groups excluding carboxylic acids is 2. The Hall–Kier alpha value is -1.75. The molecule has 3 unspecified atom stereocenters. The van der Waals surface area contributed by atoms with Crippen molar-refractivity contribution in [3.05, 3.63) is 35.6 Å². The third kappa shape index (κ3) is 1.62. The molecule has 0 aromatic heterocycles. The average Bonchev–Trinajstić information content (AvgIpc) is 3.10. The van der Waals surface area contributed by atoms with Crippen LogP contribution < -0.4 is 0 Å². The lowest BCUT2D eigenvalue weighted by Crippen LogP contribution is -2.36. The lowest BCUT2D eigenvalue weighted by Gasteiger charge is -2.20. The number of rotatable bonds is 3. The Morgan fingerprint density at radius 2 is 1.89 bits per heavy atom. The molecular formula is C13H12FNO3. The second-order valence-corrected chi connectivity index (χ2v) is 4.77. The fourth-order valence-electron chi connectivity index (χ4n) is 2.45. The Kier molecular flexibility index (Phi) is 2.45. The summed E-state index contributed by atoms with van der Waals surface area (Å²) in [6, 6.07) is 5.81. The molecule has 0 spiro atoms. The zero-order valence-electron chi connectivity index (χ0n) is 9.54. The minimum absolute atomic E-state index is 0.110. The number of halogens is 1. The molecule has 94 valence electrons. The van der Waals surface area contributed by atoms with E-state index in [-0.39, 0.29) is 35.8 Å². The molecule has 1 aliphatic carbocycles. The number of hydrogen-bond acceptors (Lipinski definition) is 3. The number of piperidine rings is 1. The van der Waals surface area contributed by atoms with Crippen LogP contribution in [0.1, 0.15) is 18.1 Å². The number of carbonyl (C=O) groups is 2. The predicted molar refractivity (Wildman–Crippen MR) is 59.7 cm³/mol. The van der Waals surface area contributed by atoms with E-state index in [2.05, 4.69) is 0 Å². The first-order chi connectivity index (χ1) is 8.59. The van der Waals surface area contributed by atoms with Gasteiger partial charge in [0.1, 0.15) is 5.82 Å². The number of fused-ring (bicyclic) bond motifs is 1. The van der Waals surface area contributed by atoms with Gasteiger partial charge < -0.3 is 5.11 Å². The van der Waals surface area contributed by atoms with E-state index in [4.69, 9.17) is 0 Å². The first kappa shape index (κ1) is 11.3. The normalized spacial score (nSPS) is 27.3. The topological polar surface area (TPSA) is 57.6 Å². The largest absolute Gasteiger partial charge is 0.386 e. The molecule has 18 heavy (non-hydrogen) atoms. The minimum atomic E-state index is -1.17. The summed E-state index contributed by atoms with van der Waals surface area (Å²) in [4.78, 5) is 24.5. The van der Waals surface area contributed by atoms with Crippen LogP contribution in [0.3, 0.4) is 0 Å². The molecule has 1 N–H and O–H groups in total. The van der Waals surface area contributed by atoms with E-state index in [1.54, 1.807) is 6.07 Å². The van der Waals surface area contributed by atoms with Crippen molar-refractivity contribution in [2.24, 2.45) is 11.8 Å². The predicted octanol–water partition coefficient (Wildman–Crippen LogP) is 0.864. The summed E-state index contributed by atoms with van der Waals surface area (Å²) < 4.78 is 13.4. The third-order valence-electron chi connectivity index (χ3n) is 3.58. The lowest BCUT2D eigenvalue weighted by atomic mass is 10.1. The van der Waals surface area contributed by atoms with E-state index >= 15 is 0 Å². The molecule has 1 saturated heterocycles. The fraction of sp³-hybridized carbons (Fsp3) is 0.385. The highest BCUT2D eigenvalue weighted by Gasteiger charge is 2.58. The number of imide groups is 1. The summed E-state index contributed by atoms with van der Waals surface area (Å²) in [5, 5.41) is 9.91. The number of aliphatic hydroxyl groups is 1. The van der Waals surface area contributed by atoms with Crippen LogP contribution >= 0.6 is 0 Å². The molecular weight excluding hydrogens is 237 g/mol. The van der Waals surface area contributed by atoms with Crippen LogP contribution in [0.2, 0.25) is 0 Å². The molecule has 0 radical (unpaired) electrons. The molecule has 1 heterocycles. The summed E-state index contributed by atoms with van der Waals surface area (Å²) in [5.74, 6) is -1.38. The van der Waals surface area contributed by atoms with Crippen molar-refractivity contribution in [1.82, 2.24) is 4.90 Å². The smallest absolute Gasteiger partial charge is 0.233 e. The number of likely N-dealkylation sites (tertiary alicyclic amines) is 1. The van der Waals surface area contributed by atoms with Gasteiger partial charge in [0.25, 0.3) is 0 Å². The van der Waals surface area contributed by atoms with Crippen LogP contribution in [0.25, 0.3) is 0 Å². The van der Waals surface area contributed by atoms with Crippen molar-refractivity contribution in [3.8, 4) is 0 Å². The fourth-order valence-corrected chi connectivity index (χ4v) is 2.45. The maximum Gasteiger partial charge on any atom is 0.233 e. The Morgan fingerprint density at radius 3 is 2.50 bits per heavy atom. The van der Waals surface area contributed by atoms with E-state index in [1.807, 2.05) is 0 Å². The molecule has 4 nitrogen and oxygen atoms in total. The zero-order valence-corrected chi connectivity index (χ0v) is 9.54. The van der Waals surface area contributed by atoms with Crippen molar-refractivity contribution < 1.29 is 19.1 Å². The minimum Gasteiger partial charge on any atom is -0.386 e. The Balaban J connectivity index is 1.76. The van der Waals surface area contributed by atoms with E-state index in [1.165, 1.54) is 18.2 Å². The van der Waals surface area contributed by atoms with Gasteiger partial charge in [-0.15, -0.1) is 0 Å². The number of hydrogen-bond donors (Lipinski definition) is 1. The second kappa shape index (κ2) is 3.88. The van der Waals surface area contributed by atoms with Crippen LogP contribution in [0.4, 0.5) is 4.39 Å². The third-order valence-corrected chi connectivity index (χ3v) is 3.58. The number of nitrogens with zero attached hydrogens (tertiary/aromatic N) is 1. The quantitative estimate of drug-likeness (QED) is 0.808. The first-order valence-corrected chi connectivity index (χ1v) is 5.87. The SMILES string of the molecule is O=C1C2CC2C(=O)N1CC(O)c1ccccc1F. The molecule has 1 aromatic rings. The van der Waals surface area contributed by atoms with Gasteiger partial charge in [0.15, 0.2) is 0 Å². The van der Waals surface area contributed by atoms with Gasteiger partial charge in [-0.1, -0.05) is 18.2 Å². The molecule has 3 rings (SSSR count). The summed E-state index contributed by atoms with van der Waals surface area (Å²) in [6.45, 7) is -0.161. The average molecular weight is 249 g/mol. The lowest BCUT2D eigenvalue weighted by molar-refractivity contribution is -0.143. The van der Waals surface area contributed by atoms with Crippen molar-refractivity contribution in [1.29, 1.82) is 0 Å². The molecule has 2 fully saturated rings. The zero-order chi connectivity index (χ0) is 12.9. The van der Waals surface area contributed by atoms with Gasteiger partial charge in [0, 0.05) is 5.56 Å². The second-order valence-electron chi connectivity index (χ2n) is 4.77. The van der Waals surface area contributed by atoms with Crippen molar-refractivity contribution >= 4 is 11.8 Å². The monoisotopic (exact) mass is 249 g/mol. The maximum atomic E-state index is 13.4. The summed E-state index contributed by atoms with van der Waals surface area (Å²) in [7, 11) is 0. The van der Waals surface area contributed by atoms with Gasteiger partial charge in [-0.3, -0.25) is 14.5 Å². The molecule has 1 aromatic carbocycles. The highest BCUT2D eigenvalue weighted by Crippen LogP contribution is 2.47. The molecule has 2 amide bonds. The molecule has 2 aliphatic rings. The Morgan fingerprint density at radius 1 is 1.28 bits per heavy atom. The molecule has 5 heteroatoms. The van der Waals surface area contributed by atoms with Crippen LogP contribution in [-0.4, -0.2) is 28.4 Å². The Bertz CT molecular complexity index is 511. The van der Waals surface area contributed by atoms with E-state index < -0.39 is 11.9 Å². The Labute approximate surface area is 103 Å². The van der Waals surface area contributed by atoms with E-state index in [0.29, 0.717) is 6.42 Å². The van der Waals surface area contributed by atoms with Gasteiger partial charge in [0.2, 0.25) is 11.8 Å². The number of aliphatic hydroxyl groups excluding tert-OH is 1. The van der Waals surface area contributed by atoms with Gasteiger partial charge >= 0.3 is 0 Å². The molecule has 0 bridgehead atoms. The van der Waals surface area contributed by atoms with Gasteiger partial charge in [0.05, 0.1) is 24.5 Å². The van der Waals surface area contributed by atoms with Crippen LogP contribution in [0.5, 0.6) is 0 Å². The van der Waals surface area contributed by atoms with Crippen LogP contribution in [-0.2, 0) is 9.59 Å². The molecule has 1 aliphatic heterocycles. The molecule has 3 atom stereocenters. The van der Waals surface area contributed by atoms with Gasteiger partial charge in [-0.2, -0.15) is 0 Å². The summed E-state index contributed by atoms with van der Waals surface area (Å²) >= 11 is 0. The molecule has 1 saturated carbocycles. The highest BCUT2D eigenvalue weighted by atomic mass is 19.1. The van der Waals surface area contributed by atoms with Gasteiger partial charge in [-0.05, 0) is 12.5 Å². The van der Waals surface area contributed by atoms with E-state index in [9.17, 15) is 19.1 Å². The maximum absolute atomic E-state index is 13.4. The number of β-amino-alcohol motifs (C(OH)–C–C–N with tert-alkyl or cyclic N) is 1. The van der Waals surface area contributed by atoms with E-state index in [0.717, 1.165) is 4.90 Å². The van der Waals surface area contributed by atoms with Crippen LogP contribution in [0, 0.1) is 17.7 Å². The standard InChI is InChI=1S/C13H12FNO3/c14-10-4-2-1-3-7(10)11(16)6-15-12(17)8-5-9(8)13(15)18/h1-4,8-9,11,16H,5-6H2. The summed E-state index contributed by atoms with van der Waals surface area (Å²) in [5.41, 5.74) is 0.110. The van der Waals surface area contributed by atoms with Crippen molar-refractivity contribution in [2.75, 3.05) is 6.54 Å². The highest BCUT2D eigenvalue weighted by molar-refractivity contribution is 6.08. The summed E-state index contributed by atoms with van der Waals surface area (Å²) in [6.07, 6.45) is -0.541.